The van der Waals surface area contributed by atoms with Gasteiger partial charge in [-0.2, -0.15) is 0 Å². The molecule has 112 valence electrons. The molecule has 1 atom stereocenters. The van der Waals surface area contributed by atoms with Gasteiger partial charge in [-0.1, -0.05) is 6.92 Å². The molecule has 2 rings (SSSR count). The number of piperidine rings is 1. The molecule has 1 fully saturated rings. The third-order valence-electron chi connectivity index (χ3n) is 4.33. The first kappa shape index (κ1) is 15.1. The summed E-state index contributed by atoms with van der Waals surface area (Å²) in [6.07, 6.45) is 2.43. The normalized spacial score (nSPS) is 18.8. The molecular formula is C16H25FN2O. The first-order valence-corrected chi connectivity index (χ1v) is 7.46. The molecule has 0 aliphatic carbocycles. The SMILES string of the molecule is CCN1CCC(C(C)Nc2ccc(F)cc2OC)CC1. The van der Waals surface area contributed by atoms with Crippen LogP contribution in [0.25, 0.3) is 0 Å². The van der Waals surface area contributed by atoms with Gasteiger partial charge in [-0.25, -0.2) is 4.39 Å². The Morgan fingerprint density at radius 2 is 2.10 bits per heavy atom. The summed E-state index contributed by atoms with van der Waals surface area (Å²) in [7, 11) is 1.57. The van der Waals surface area contributed by atoms with Crippen LogP contribution in [-0.2, 0) is 0 Å². The largest absolute Gasteiger partial charge is 0.494 e. The third-order valence-corrected chi connectivity index (χ3v) is 4.33. The second-order valence-corrected chi connectivity index (χ2v) is 5.55. The Morgan fingerprint density at radius 3 is 2.70 bits per heavy atom. The number of benzene rings is 1. The molecule has 1 heterocycles. The molecule has 0 radical (unpaired) electrons. The lowest BCUT2D eigenvalue weighted by molar-refractivity contribution is 0.183. The highest BCUT2D eigenvalue weighted by molar-refractivity contribution is 5.57. The van der Waals surface area contributed by atoms with Crippen LogP contribution >= 0.6 is 0 Å². The molecule has 20 heavy (non-hydrogen) atoms. The van der Waals surface area contributed by atoms with Crippen LogP contribution < -0.4 is 10.1 Å². The number of methoxy groups -OCH3 is 1. The molecule has 0 spiro atoms. The van der Waals surface area contributed by atoms with Gasteiger partial charge in [0, 0.05) is 12.1 Å². The second-order valence-electron chi connectivity index (χ2n) is 5.55. The number of nitrogens with zero attached hydrogens (tertiary/aromatic N) is 1. The lowest BCUT2D eigenvalue weighted by atomic mass is 9.90. The number of nitrogens with one attached hydrogen (secondary N) is 1. The molecule has 1 saturated heterocycles. The summed E-state index contributed by atoms with van der Waals surface area (Å²) in [5, 5.41) is 3.48. The van der Waals surface area contributed by atoms with E-state index in [9.17, 15) is 4.39 Å². The van der Waals surface area contributed by atoms with E-state index in [2.05, 4.69) is 24.1 Å². The maximum Gasteiger partial charge on any atom is 0.144 e. The van der Waals surface area contributed by atoms with Crippen molar-refractivity contribution in [3.8, 4) is 5.75 Å². The van der Waals surface area contributed by atoms with E-state index in [0.717, 1.165) is 12.2 Å². The van der Waals surface area contributed by atoms with Gasteiger partial charge in [0.1, 0.15) is 11.6 Å². The number of ether oxygens (including phenoxy) is 1. The smallest absolute Gasteiger partial charge is 0.144 e. The predicted molar refractivity (Wildman–Crippen MR) is 80.9 cm³/mol. The zero-order valence-electron chi connectivity index (χ0n) is 12.7. The summed E-state index contributed by atoms with van der Waals surface area (Å²) in [6, 6.07) is 5.02. The molecule has 0 bridgehead atoms. The zero-order chi connectivity index (χ0) is 14.5. The average Bonchev–Trinajstić information content (AvgIpc) is 2.49. The van der Waals surface area contributed by atoms with Crippen molar-refractivity contribution in [3.63, 3.8) is 0 Å². The molecule has 4 heteroatoms. The fourth-order valence-electron chi connectivity index (χ4n) is 2.92. The minimum absolute atomic E-state index is 0.267. The van der Waals surface area contributed by atoms with Gasteiger partial charge in [0.15, 0.2) is 0 Å². The van der Waals surface area contributed by atoms with Gasteiger partial charge in [0.05, 0.1) is 12.8 Å². The Hall–Kier alpha value is -1.29. The molecule has 0 saturated carbocycles. The van der Waals surface area contributed by atoms with Crippen LogP contribution in [0.15, 0.2) is 18.2 Å². The molecule has 3 nitrogen and oxygen atoms in total. The van der Waals surface area contributed by atoms with Crippen LogP contribution in [0, 0.1) is 11.7 Å². The standard InChI is InChI=1S/C16H25FN2O/c1-4-19-9-7-13(8-10-19)12(2)18-15-6-5-14(17)11-16(15)20-3/h5-6,11-13,18H,4,7-10H2,1-3H3. The first-order valence-electron chi connectivity index (χ1n) is 7.46. The summed E-state index contributed by atoms with van der Waals surface area (Å²) in [5.41, 5.74) is 0.874. The monoisotopic (exact) mass is 280 g/mol. The van der Waals surface area contributed by atoms with Crippen LogP contribution in [0.3, 0.4) is 0 Å². The van der Waals surface area contributed by atoms with E-state index >= 15 is 0 Å². The van der Waals surface area contributed by atoms with E-state index in [1.165, 1.54) is 38.1 Å². The molecule has 1 aromatic rings. The molecule has 1 aliphatic rings. The molecule has 0 aromatic heterocycles. The molecule has 0 amide bonds. The fourth-order valence-corrected chi connectivity index (χ4v) is 2.92. The van der Waals surface area contributed by atoms with Crippen molar-refractivity contribution in [2.75, 3.05) is 32.1 Å². The lowest BCUT2D eigenvalue weighted by Gasteiger charge is -2.35. The first-order chi connectivity index (χ1) is 9.63. The van der Waals surface area contributed by atoms with Crippen molar-refractivity contribution in [1.29, 1.82) is 0 Å². The zero-order valence-corrected chi connectivity index (χ0v) is 12.7. The summed E-state index contributed by atoms with van der Waals surface area (Å²) in [5.74, 6) is 0.965. The summed E-state index contributed by atoms with van der Waals surface area (Å²) >= 11 is 0. The molecular weight excluding hydrogens is 255 g/mol. The lowest BCUT2D eigenvalue weighted by Crippen LogP contribution is -2.39. The highest BCUT2D eigenvalue weighted by atomic mass is 19.1. The number of hydrogen-bond acceptors (Lipinski definition) is 3. The van der Waals surface area contributed by atoms with Crippen molar-refractivity contribution in [2.45, 2.75) is 32.7 Å². The quantitative estimate of drug-likeness (QED) is 0.895. The van der Waals surface area contributed by atoms with Gasteiger partial charge in [-0.15, -0.1) is 0 Å². The topological polar surface area (TPSA) is 24.5 Å². The van der Waals surface area contributed by atoms with Gasteiger partial charge in [-0.05, 0) is 57.5 Å². The second kappa shape index (κ2) is 6.93. The van der Waals surface area contributed by atoms with Gasteiger partial charge < -0.3 is 15.0 Å². The summed E-state index contributed by atoms with van der Waals surface area (Å²) in [4.78, 5) is 2.49. The maximum absolute atomic E-state index is 13.2. The molecule has 1 unspecified atom stereocenters. The Kier molecular flexibility index (Phi) is 5.24. The van der Waals surface area contributed by atoms with Crippen molar-refractivity contribution in [2.24, 2.45) is 5.92 Å². The average molecular weight is 280 g/mol. The van der Waals surface area contributed by atoms with Crippen LogP contribution in [0.2, 0.25) is 0 Å². The number of halogens is 1. The van der Waals surface area contributed by atoms with Crippen molar-refractivity contribution < 1.29 is 9.13 Å². The fraction of sp³-hybridized carbons (Fsp3) is 0.625. The number of hydrogen-bond donors (Lipinski definition) is 1. The van der Waals surface area contributed by atoms with E-state index in [1.54, 1.807) is 13.2 Å². The van der Waals surface area contributed by atoms with Crippen LogP contribution in [0.5, 0.6) is 5.75 Å². The highest BCUT2D eigenvalue weighted by Gasteiger charge is 2.23. The Bertz CT molecular complexity index is 430. The van der Waals surface area contributed by atoms with E-state index in [4.69, 9.17) is 4.74 Å². The van der Waals surface area contributed by atoms with Crippen LogP contribution in [0.1, 0.15) is 26.7 Å². The summed E-state index contributed by atoms with van der Waals surface area (Å²) < 4.78 is 18.4. The van der Waals surface area contributed by atoms with Crippen molar-refractivity contribution in [3.05, 3.63) is 24.0 Å². The minimum atomic E-state index is -0.267. The molecule has 1 N–H and O–H groups in total. The predicted octanol–water partition coefficient (Wildman–Crippen LogP) is 3.37. The van der Waals surface area contributed by atoms with Gasteiger partial charge >= 0.3 is 0 Å². The number of anilines is 1. The molecule has 1 aliphatic heterocycles. The van der Waals surface area contributed by atoms with E-state index in [0.29, 0.717) is 17.7 Å². The van der Waals surface area contributed by atoms with Crippen LogP contribution in [-0.4, -0.2) is 37.7 Å². The number of rotatable bonds is 5. The van der Waals surface area contributed by atoms with Crippen molar-refractivity contribution >= 4 is 5.69 Å². The Balaban J connectivity index is 1.96. The van der Waals surface area contributed by atoms with Gasteiger partial charge in [-0.3, -0.25) is 0 Å². The summed E-state index contributed by atoms with van der Waals surface area (Å²) in [6.45, 7) is 7.91. The van der Waals surface area contributed by atoms with Gasteiger partial charge in [0.25, 0.3) is 0 Å². The minimum Gasteiger partial charge on any atom is -0.494 e. The maximum atomic E-state index is 13.2. The Morgan fingerprint density at radius 1 is 1.40 bits per heavy atom. The van der Waals surface area contributed by atoms with Crippen molar-refractivity contribution in [1.82, 2.24) is 4.90 Å². The van der Waals surface area contributed by atoms with E-state index < -0.39 is 0 Å². The van der Waals surface area contributed by atoms with E-state index in [1.807, 2.05) is 0 Å². The van der Waals surface area contributed by atoms with Gasteiger partial charge in [0.2, 0.25) is 0 Å². The highest BCUT2D eigenvalue weighted by Crippen LogP contribution is 2.29. The van der Waals surface area contributed by atoms with Crippen LogP contribution in [0.4, 0.5) is 10.1 Å². The third kappa shape index (κ3) is 3.63. The Labute approximate surface area is 121 Å². The van der Waals surface area contributed by atoms with E-state index in [-0.39, 0.29) is 5.82 Å². The molecule has 1 aromatic carbocycles. The number of likely N-dealkylation sites (tertiary alicyclic amines) is 1.